The molecular weight excluding hydrogens is 310 g/mol. The Bertz CT molecular complexity index is 1030. The summed E-state index contributed by atoms with van der Waals surface area (Å²) in [6.07, 6.45) is 1.50. The Balaban J connectivity index is 1.53. The summed E-state index contributed by atoms with van der Waals surface area (Å²) < 4.78 is 0. The molecule has 0 saturated heterocycles. The van der Waals surface area contributed by atoms with Crippen molar-refractivity contribution in [2.24, 2.45) is 0 Å². The van der Waals surface area contributed by atoms with E-state index in [4.69, 9.17) is 0 Å². The predicted octanol–water partition coefficient (Wildman–Crippen LogP) is 4.55. The quantitative estimate of drug-likeness (QED) is 0.601. The predicted molar refractivity (Wildman–Crippen MR) is 99.4 cm³/mol. The highest BCUT2D eigenvalue weighted by Crippen LogP contribution is 2.21. The molecule has 25 heavy (non-hydrogen) atoms. The zero-order chi connectivity index (χ0) is 17.1. The van der Waals surface area contributed by atoms with E-state index in [0.29, 0.717) is 11.2 Å². The summed E-state index contributed by atoms with van der Waals surface area (Å²) in [7, 11) is 0. The van der Waals surface area contributed by atoms with Crippen LogP contribution in [0, 0.1) is 0 Å². The third kappa shape index (κ3) is 3.23. The molecule has 4 heteroatoms. The lowest BCUT2D eigenvalue weighted by atomic mass is 10.1. The number of anilines is 1. The number of amides is 1. The van der Waals surface area contributed by atoms with E-state index in [1.807, 2.05) is 66.7 Å². The topological polar surface area (TPSA) is 54.9 Å². The van der Waals surface area contributed by atoms with Gasteiger partial charge in [0.15, 0.2) is 0 Å². The van der Waals surface area contributed by atoms with E-state index in [2.05, 4.69) is 27.4 Å². The molecular formula is C21H15N3O. The van der Waals surface area contributed by atoms with Crippen LogP contribution < -0.4 is 5.32 Å². The van der Waals surface area contributed by atoms with Gasteiger partial charge in [-0.1, -0.05) is 54.6 Å². The molecule has 0 bridgehead atoms. The first-order valence-electron chi connectivity index (χ1n) is 7.98. The molecule has 0 atom stereocenters. The van der Waals surface area contributed by atoms with Crippen LogP contribution in [-0.4, -0.2) is 15.9 Å². The molecule has 0 radical (unpaired) electrons. The molecule has 0 unspecified atom stereocenters. The van der Waals surface area contributed by atoms with E-state index < -0.39 is 0 Å². The Morgan fingerprint density at radius 3 is 2.12 bits per heavy atom. The number of para-hydroxylation sites is 2. The van der Waals surface area contributed by atoms with Gasteiger partial charge in [0.05, 0.1) is 17.2 Å². The highest BCUT2D eigenvalue weighted by Gasteiger charge is 2.09. The van der Waals surface area contributed by atoms with Crippen molar-refractivity contribution in [2.45, 2.75) is 0 Å². The van der Waals surface area contributed by atoms with Crippen molar-refractivity contribution in [1.82, 2.24) is 9.97 Å². The standard InChI is InChI=1S/C21H15N3O/c25-21(20-14-22-18-8-4-5-9-19(18)24-20)23-17-12-10-16(11-13-17)15-6-2-1-3-7-15/h1-14H,(H,23,25). The van der Waals surface area contributed by atoms with Crippen molar-refractivity contribution in [3.05, 3.63) is 90.8 Å². The monoisotopic (exact) mass is 325 g/mol. The lowest BCUT2D eigenvalue weighted by molar-refractivity contribution is 0.102. The van der Waals surface area contributed by atoms with E-state index in [9.17, 15) is 4.79 Å². The minimum atomic E-state index is -0.272. The number of nitrogens with zero attached hydrogens (tertiary/aromatic N) is 2. The van der Waals surface area contributed by atoms with Crippen LogP contribution in [0.1, 0.15) is 10.5 Å². The van der Waals surface area contributed by atoms with E-state index >= 15 is 0 Å². The molecule has 0 aliphatic rings. The number of carbonyl (C=O) groups is 1. The SMILES string of the molecule is O=C(Nc1ccc(-c2ccccc2)cc1)c1cnc2ccccc2n1. The van der Waals surface area contributed by atoms with Gasteiger partial charge in [0, 0.05) is 5.69 Å². The Kier molecular flexibility index (Phi) is 3.92. The summed E-state index contributed by atoms with van der Waals surface area (Å²) >= 11 is 0. The molecule has 1 amide bonds. The van der Waals surface area contributed by atoms with Crippen LogP contribution in [0.15, 0.2) is 85.1 Å². The number of carbonyl (C=O) groups excluding carboxylic acids is 1. The fraction of sp³-hybridized carbons (Fsp3) is 0. The second-order valence-electron chi connectivity index (χ2n) is 5.64. The van der Waals surface area contributed by atoms with Crippen molar-refractivity contribution in [3.8, 4) is 11.1 Å². The van der Waals surface area contributed by atoms with Gasteiger partial charge in [-0.3, -0.25) is 9.78 Å². The van der Waals surface area contributed by atoms with Gasteiger partial charge in [-0.2, -0.15) is 0 Å². The van der Waals surface area contributed by atoms with Gasteiger partial charge < -0.3 is 5.32 Å². The first-order valence-corrected chi connectivity index (χ1v) is 7.98. The van der Waals surface area contributed by atoms with Gasteiger partial charge in [-0.25, -0.2) is 4.98 Å². The molecule has 4 nitrogen and oxygen atoms in total. The van der Waals surface area contributed by atoms with Gasteiger partial charge >= 0.3 is 0 Å². The number of aromatic nitrogens is 2. The lowest BCUT2D eigenvalue weighted by Crippen LogP contribution is -2.14. The van der Waals surface area contributed by atoms with Crippen LogP contribution >= 0.6 is 0 Å². The second-order valence-corrected chi connectivity index (χ2v) is 5.64. The zero-order valence-corrected chi connectivity index (χ0v) is 13.4. The number of fused-ring (bicyclic) bond motifs is 1. The summed E-state index contributed by atoms with van der Waals surface area (Å²) in [6, 6.07) is 25.3. The van der Waals surface area contributed by atoms with Crippen molar-refractivity contribution >= 4 is 22.6 Å². The fourth-order valence-corrected chi connectivity index (χ4v) is 2.64. The summed E-state index contributed by atoms with van der Waals surface area (Å²) in [5.41, 5.74) is 4.73. The summed E-state index contributed by atoms with van der Waals surface area (Å²) in [5, 5.41) is 2.86. The molecule has 1 N–H and O–H groups in total. The van der Waals surface area contributed by atoms with E-state index in [-0.39, 0.29) is 5.91 Å². The lowest BCUT2D eigenvalue weighted by Gasteiger charge is -2.07. The van der Waals surface area contributed by atoms with Gasteiger partial charge in [0.1, 0.15) is 5.69 Å². The molecule has 4 aromatic rings. The van der Waals surface area contributed by atoms with Crippen molar-refractivity contribution < 1.29 is 4.79 Å². The van der Waals surface area contributed by atoms with Crippen LogP contribution in [0.2, 0.25) is 0 Å². The van der Waals surface area contributed by atoms with Gasteiger partial charge in [-0.15, -0.1) is 0 Å². The van der Waals surface area contributed by atoms with Gasteiger partial charge in [0.2, 0.25) is 0 Å². The molecule has 0 fully saturated rings. The Morgan fingerprint density at radius 2 is 1.36 bits per heavy atom. The van der Waals surface area contributed by atoms with Gasteiger partial charge in [0.25, 0.3) is 5.91 Å². The van der Waals surface area contributed by atoms with Crippen LogP contribution in [-0.2, 0) is 0 Å². The third-order valence-electron chi connectivity index (χ3n) is 3.93. The van der Waals surface area contributed by atoms with E-state index in [0.717, 1.165) is 22.3 Å². The van der Waals surface area contributed by atoms with Crippen LogP contribution in [0.5, 0.6) is 0 Å². The normalized spacial score (nSPS) is 10.6. The molecule has 0 aliphatic carbocycles. The van der Waals surface area contributed by atoms with Crippen LogP contribution in [0.4, 0.5) is 5.69 Å². The highest BCUT2D eigenvalue weighted by molar-refractivity contribution is 6.03. The molecule has 0 aliphatic heterocycles. The minimum absolute atomic E-state index is 0.272. The molecule has 4 rings (SSSR count). The molecule has 1 aromatic heterocycles. The average molecular weight is 325 g/mol. The Labute approximate surface area is 145 Å². The summed E-state index contributed by atoms with van der Waals surface area (Å²) in [4.78, 5) is 21.0. The number of nitrogens with one attached hydrogen (secondary N) is 1. The first kappa shape index (κ1) is 15.0. The fourth-order valence-electron chi connectivity index (χ4n) is 2.64. The minimum Gasteiger partial charge on any atom is -0.321 e. The molecule has 120 valence electrons. The number of benzene rings is 3. The second kappa shape index (κ2) is 6.53. The van der Waals surface area contributed by atoms with E-state index in [1.54, 1.807) is 0 Å². The molecule has 1 heterocycles. The molecule has 3 aromatic carbocycles. The number of hydrogen-bond acceptors (Lipinski definition) is 3. The van der Waals surface area contributed by atoms with Crippen molar-refractivity contribution in [1.29, 1.82) is 0 Å². The molecule has 0 saturated carbocycles. The average Bonchev–Trinajstić information content (AvgIpc) is 2.69. The van der Waals surface area contributed by atoms with Crippen LogP contribution in [0.3, 0.4) is 0 Å². The number of rotatable bonds is 3. The first-order chi connectivity index (χ1) is 12.3. The molecule has 0 spiro atoms. The number of hydrogen-bond donors (Lipinski definition) is 1. The Hall–Kier alpha value is -3.53. The third-order valence-corrected chi connectivity index (χ3v) is 3.93. The maximum Gasteiger partial charge on any atom is 0.275 e. The van der Waals surface area contributed by atoms with Gasteiger partial charge in [-0.05, 0) is 35.4 Å². The largest absolute Gasteiger partial charge is 0.321 e. The Morgan fingerprint density at radius 1 is 0.720 bits per heavy atom. The van der Waals surface area contributed by atoms with Crippen molar-refractivity contribution in [3.63, 3.8) is 0 Å². The maximum atomic E-state index is 12.4. The van der Waals surface area contributed by atoms with Crippen molar-refractivity contribution in [2.75, 3.05) is 5.32 Å². The summed E-state index contributed by atoms with van der Waals surface area (Å²) in [5.74, 6) is -0.272. The maximum absolute atomic E-state index is 12.4. The summed E-state index contributed by atoms with van der Waals surface area (Å²) in [6.45, 7) is 0. The smallest absolute Gasteiger partial charge is 0.275 e. The highest BCUT2D eigenvalue weighted by atomic mass is 16.1. The zero-order valence-electron chi connectivity index (χ0n) is 13.4. The van der Waals surface area contributed by atoms with E-state index in [1.165, 1.54) is 6.20 Å². The van der Waals surface area contributed by atoms with Crippen LogP contribution in [0.25, 0.3) is 22.2 Å².